The Bertz CT molecular complexity index is 291. The van der Waals surface area contributed by atoms with E-state index in [1.165, 1.54) is 0 Å². The van der Waals surface area contributed by atoms with E-state index < -0.39 is 6.10 Å². The molecule has 1 aromatic rings. The van der Waals surface area contributed by atoms with Gasteiger partial charge < -0.3 is 10.8 Å². The van der Waals surface area contributed by atoms with Gasteiger partial charge in [0.1, 0.15) is 5.15 Å². The number of aliphatic hydroxyl groups is 1. The molecule has 0 aliphatic rings. The maximum atomic E-state index is 9.57. The second-order valence-electron chi connectivity index (χ2n) is 2.97. The van der Waals surface area contributed by atoms with Crippen LogP contribution in [0.5, 0.6) is 0 Å². The third kappa shape index (κ3) is 2.66. The first-order chi connectivity index (χ1) is 6.15. The molecule has 0 saturated carbocycles. The fourth-order valence-electron chi connectivity index (χ4n) is 1.09. The highest BCUT2D eigenvalue weighted by molar-refractivity contribution is 6.30. The maximum absolute atomic E-state index is 9.57. The Morgan fingerprint density at radius 2 is 2.38 bits per heavy atom. The molecule has 1 atom stereocenters. The predicted molar refractivity (Wildman–Crippen MR) is 52.6 cm³/mol. The zero-order valence-corrected chi connectivity index (χ0v) is 8.25. The van der Waals surface area contributed by atoms with Gasteiger partial charge in [-0.1, -0.05) is 11.6 Å². The molecule has 0 spiro atoms. The third-order valence-corrected chi connectivity index (χ3v) is 2.26. The van der Waals surface area contributed by atoms with Gasteiger partial charge in [0.2, 0.25) is 0 Å². The summed E-state index contributed by atoms with van der Waals surface area (Å²) in [7, 11) is 0. The fraction of sp³-hybridized carbons (Fsp3) is 0.444. The number of nitrogens with zero attached hydrogens (tertiary/aromatic N) is 1. The molecule has 0 saturated heterocycles. The number of aliphatic hydroxyl groups excluding tert-OH is 1. The Labute approximate surface area is 82.5 Å². The Hall–Kier alpha value is -0.640. The van der Waals surface area contributed by atoms with Crippen LogP contribution in [0, 0.1) is 6.92 Å². The Balaban J connectivity index is 2.84. The summed E-state index contributed by atoms with van der Waals surface area (Å²) < 4.78 is 0. The quantitative estimate of drug-likeness (QED) is 0.726. The van der Waals surface area contributed by atoms with Crippen molar-refractivity contribution in [2.24, 2.45) is 5.73 Å². The Morgan fingerprint density at radius 3 is 2.92 bits per heavy atom. The zero-order chi connectivity index (χ0) is 9.84. The van der Waals surface area contributed by atoms with Gasteiger partial charge in [0, 0.05) is 6.20 Å². The zero-order valence-electron chi connectivity index (χ0n) is 7.50. The molecule has 1 aromatic heterocycles. The van der Waals surface area contributed by atoms with Crippen molar-refractivity contribution in [3.05, 3.63) is 28.5 Å². The monoisotopic (exact) mass is 200 g/mol. The van der Waals surface area contributed by atoms with E-state index in [-0.39, 0.29) is 0 Å². The number of pyridine rings is 1. The largest absolute Gasteiger partial charge is 0.388 e. The summed E-state index contributed by atoms with van der Waals surface area (Å²) in [5.41, 5.74) is 6.97. The summed E-state index contributed by atoms with van der Waals surface area (Å²) >= 11 is 5.74. The first-order valence-electron chi connectivity index (χ1n) is 4.15. The van der Waals surface area contributed by atoms with E-state index in [9.17, 15) is 5.11 Å². The minimum Gasteiger partial charge on any atom is -0.388 e. The van der Waals surface area contributed by atoms with Gasteiger partial charge in [0.05, 0.1) is 6.10 Å². The molecular weight excluding hydrogens is 188 g/mol. The van der Waals surface area contributed by atoms with E-state index in [2.05, 4.69) is 4.98 Å². The van der Waals surface area contributed by atoms with E-state index in [0.717, 1.165) is 11.1 Å². The average Bonchev–Trinajstić information content (AvgIpc) is 2.10. The Kier molecular flexibility index (Phi) is 3.66. The Morgan fingerprint density at radius 1 is 1.69 bits per heavy atom. The normalized spacial score (nSPS) is 12.9. The smallest absolute Gasteiger partial charge is 0.131 e. The standard InChI is InChI=1S/C9H13ClN2O/c1-6-4-7(5-12-9(6)10)8(13)2-3-11/h4-5,8,13H,2-3,11H2,1H3/t8-/m0/s1. The van der Waals surface area contributed by atoms with Crippen molar-refractivity contribution in [1.29, 1.82) is 0 Å². The van der Waals surface area contributed by atoms with Crippen LogP contribution in [-0.4, -0.2) is 16.6 Å². The molecule has 0 bridgehead atoms. The summed E-state index contributed by atoms with van der Waals surface area (Å²) in [5, 5.41) is 10.0. The van der Waals surface area contributed by atoms with Crippen LogP contribution in [0.25, 0.3) is 0 Å². The van der Waals surface area contributed by atoms with Crippen molar-refractivity contribution in [1.82, 2.24) is 4.98 Å². The lowest BCUT2D eigenvalue weighted by Gasteiger charge is -2.09. The van der Waals surface area contributed by atoms with Gasteiger partial charge in [-0.3, -0.25) is 0 Å². The summed E-state index contributed by atoms with van der Waals surface area (Å²) in [5.74, 6) is 0. The molecule has 1 heterocycles. The van der Waals surface area contributed by atoms with Crippen LogP contribution >= 0.6 is 11.6 Å². The summed E-state index contributed by atoms with van der Waals surface area (Å²) in [4.78, 5) is 3.95. The predicted octanol–water partition coefficient (Wildman–Crippen LogP) is 1.43. The lowest BCUT2D eigenvalue weighted by molar-refractivity contribution is 0.170. The van der Waals surface area contributed by atoms with Crippen LogP contribution in [0.4, 0.5) is 0 Å². The van der Waals surface area contributed by atoms with Crippen molar-refractivity contribution in [3.63, 3.8) is 0 Å². The van der Waals surface area contributed by atoms with Crippen LogP contribution in [-0.2, 0) is 0 Å². The highest BCUT2D eigenvalue weighted by atomic mass is 35.5. The van der Waals surface area contributed by atoms with Gasteiger partial charge >= 0.3 is 0 Å². The maximum Gasteiger partial charge on any atom is 0.131 e. The van der Waals surface area contributed by atoms with Gasteiger partial charge in [-0.05, 0) is 37.1 Å². The van der Waals surface area contributed by atoms with Gasteiger partial charge in [-0.2, -0.15) is 0 Å². The number of halogens is 1. The number of nitrogens with two attached hydrogens (primary N) is 1. The van der Waals surface area contributed by atoms with Crippen LogP contribution in [0.3, 0.4) is 0 Å². The molecule has 4 heteroatoms. The van der Waals surface area contributed by atoms with Crippen molar-refractivity contribution in [2.75, 3.05) is 6.54 Å². The van der Waals surface area contributed by atoms with Crippen LogP contribution < -0.4 is 5.73 Å². The molecule has 13 heavy (non-hydrogen) atoms. The molecular formula is C9H13ClN2O. The first kappa shape index (κ1) is 10.4. The van der Waals surface area contributed by atoms with Gasteiger partial charge in [0.25, 0.3) is 0 Å². The molecule has 0 aliphatic carbocycles. The minimum absolute atomic E-state index is 0.461. The average molecular weight is 201 g/mol. The third-order valence-electron chi connectivity index (χ3n) is 1.86. The van der Waals surface area contributed by atoms with Crippen molar-refractivity contribution in [2.45, 2.75) is 19.4 Å². The van der Waals surface area contributed by atoms with Crippen molar-refractivity contribution >= 4 is 11.6 Å². The van der Waals surface area contributed by atoms with E-state index in [0.29, 0.717) is 18.1 Å². The summed E-state index contributed by atoms with van der Waals surface area (Å²) in [6, 6.07) is 1.83. The van der Waals surface area contributed by atoms with Gasteiger partial charge in [-0.15, -0.1) is 0 Å². The lowest BCUT2D eigenvalue weighted by atomic mass is 10.1. The molecule has 3 nitrogen and oxygen atoms in total. The number of aromatic nitrogens is 1. The molecule has 0 fully saturated rings. The second-order valence-corrected chi connectivity index (χ2v) is 3.33. The number of aryl methyl sites for hydroxylation is 1. The molecule has 1 rings (SSSR count). The molecule has 0 radical (unpaired) electrons. The van der Waals surface area contributed by atoms with E-state index in [1.54, 1.807) is 6.20 Å². The number of rotatable bonds is 3. The lowest BCUT2D eigenvalue weighted by Crippen LogP contribution is -2.07. The summed E-state index contributed by atoms with van der Waals surface area (Å²) in [6.45, 7) is 2.32. The van der Waals surface area contributed by atoms with Gasteiger partial charge in [-0.25, -0.2) is 4.98 Å². The SMILES string of the molecule is Cc1cc([C@@H](O)CCN)cnc1Cl. The number of hydrogen-bond donors (Lipinski definition) is 2. The molecule has 0 aromatic carbocycles. The van der Waals surface area contributed by atoms with Gasteiger partial charge in [0.15, 0.2) is 0 Å². The number of hydrogen-bond acceptors (Lipinski definition) is 3. The molecule has 0 aliphatic heterocycles. The summed E-state index contributed by atoms with van der Waals surface area (Å²) in [6.07, 6.45) is 1.59. The highest BCUT2D eigenvalue weighted by Gasteiger charge is 2.07. The van der Waals surface area contributed by atoms with Crippen molar-refractivity contribution < 1.29 is 5.11 Å². The van der Waals surface area contributed by atoms with Crippen LogP contribution in [0.15, 0.2) is 12.3 Å². The second kappa shape index (κ2) is 4.56. The topological polar surface area (TPSA) is 59.1 Å². The highest BCUT2D eigenvalue weighted by Crippen LogP contribution is 2.19. The van der Waals surface area contributed by atoms with E-state index >= 15 is 0 Å². The molecule has 72 valence electrons. The molecule has 0 unspecified atom stereocenters. The van der Waals surface area contributed by atoms with Crippen LogP contribution in [0.2, 0.25) is 5.15 Å². The minimum atomic E-state index is -0.534. The molecule has 0 amide bonds. The van der Waals surface area contributed by atoms with E-state index in [1.807, 2.05) is 13.0 Å². The van der Waals surface area contributed by atoms with Crippen molar-refractivity contribution in [3.8, 4) is 0 Å². The fourth-order valence-corrected chi connectivity index (χ4v) is 1.19. The van der Waals surface area contributed by atoms with E-state index in [4.69, 9.17) is 17.3 Å². The van der Waals surface area contributed by atoms with Crippen LogP contribution in [0.1, 0.15) is 23.7 Å². The molecule has 3 N–H and O–H groups in total. The first-order valence-corrected chi connectivity index (χ1v) is 4.53.